The zero-order chi connectivity index (χ0) is 13.7. The molecule has 2 aromatic rings. The van der Waals surface area contributed by atoms with Crippen molar-refractivity contribution in [1.82, 2.24) is 10.0 Å². The van der Waals surface area contributed by atoms with Crippen LogP contribution in [0.25, 0.3) is 0 Å². The number of sulfonamides is 1. The van der Waals surface area contributed by atoms with Gasteiger partial charge in [-0.2, -0.15) is 0 Å². The molecule has 0 bridgehead atoms. The van der Waals surface area contributed by atoms with Gasteiger partial charge in [0.1, 0.15) is 0 Å². The Hall–Kier alpha value is -1.21. The lowest BCUT2D eigenvalue weighted by Crippen LogP contribution is -2.24. The van der Waals surface area contributed by atoms with Gasteiger partial charge in [0, 0.05) is 18.0 Å². The summed E-state index contributed by atoms with van der Waals surface area (Å²) in [5.74, 6) is 0. The highest BCUT2D eigenvalue weighted by atomic mass is 32.2. The van der Waals surface area contributed by atoms with Crippen molar-refractivity contribution in [2.45, 2.75) is 18.0 Å². The summed E-state index contributed by atoms with van der Waals surface area (Å²) in [4.78, 5) is 1.19. The van der Waals surface area contributed by atoms with Crippen LogP contribution in [0.2, 0.25) is 0 Å². The minimum Gasteiger partial charge on any atom is -0.315 e. The summed E-state index contributed by atoms with van der Waals surface area (Å²) in [5.41, 5.74) is 0.941. The predicted molar refractivity (Wildman–Crippen MR) is 77.6 cm³/mol. The Bertz CT molecular complexity index is 621. The fourth-order valence-electron chi connectivity index (χ4n) is 1.71. The molecular formula is C13H16N2O2S2. The molecule has 4 nitrogen and oxygen atoms in total. The van der Waals surface area contributed by atoms with E-state index >= 15 is 0 Å². The first-order valence-corrected chi connectivity index (χ1v) is 8.24. The van der Waals surface area contributed by atoms with Crippen molar-refractivity contribution in [3.8, 4) is 0 Å². The van der Waals surface area contributed by atoms with Gasteiger partial charge in [0.05, 0.1) is 4.90 Å². The fourth-order valence-corrected chi connectivity index (χ4v) is 4.18. The molecule has 0 aliphatic rings. The molecule has 0 amide bonds. The topological polar surface area (TPSA) is 58.2 Å². The summed E-state index contributed by atoms with van der Waals surface area (Å²) in [5, 5.41) is 4.77. The van der Waals surface area contributed by atoms with E-state index in [9.17, 15) is 8.42 Å². The number of thiophene rings is 1. The number of rotatable bonds is 6. The molecule has 1 heterocycles. The maximum Gasteiger partial charge on any atom is 0.242 e. The highest BCUT2D eigenvalue weighted by Crippen LogP contribution is 2.21. The summed E-state index contributed by atoms with van der Waals surface area (Å²) in [6.45, 7) is 0.858. The normalized spacial score (nSPS) is 11.6. The van der Waals surface area contributed by atoms with Gasteiger partial charge in [0.25, 0.3) is 0 Å². The molecule has 0 radical (unpaired) electrons. The molecule has 1 aromatic heterocycles. The molecule has 2 N–H and O–H groups in total. The highest BCUT2D eigenvalue weighted by Gasteiger charge is 2.18. The molecule has 0 spiro atoms. The lowest BCUT2D eigenvalue weighted by atomic mass is 10.2. The molecule has 0 fully saturated rings. The van der Waals surface area contributed by atoms with Gasteiger partial charge in [0.2, 0.25) is 10.0 Å². The van der Waals surface area contributed by atoms with Gasteiger partial charge in [-0.05, 0) is 24.1 Å². The first kappa shape index (κ1) is 14.2. The first-order valence-electron chi connectivity index (χ1n) is 5.88. The van der Waals surface area contributed by atoms with E-state index in [0.29, 0.717) is 18.0 Å². The van der Waals surface area contributed by atoms with Crippen LogP contribution in [0.1, 0.15) is 10.4 Å². The Morgan fingerprint density at radius 3 is 2.53 bits per heavy atom. The van der Waals surface area contributed by atoms with E-state index in [-0.39, 0.29) is 0 Å². The van der Waals surface area contributed by atoms with Gasteiger partial charge in [-0.1, -0.05) is 30.3 Å². The molecule has 0 saturated carbocycles. The molecule has 0 unspecified atom stereocenters. The second kappa shape index (κ2) is 6.29. The number of hydrogen-bond donors (Lipinski definition) is 2. The van der Waals surface area contributed by atoms with E-state index in [2.05, 4.69) is 10.0 Å². The number of hydrogen-bond acceptors (Lipinski definition) is 4. The largest absolute Gasteiger partial charge is 0.315 e. The van der Waals surface area contributed by atoms with Gasteiger partial charge in [-0.25, -0.2) is 13.1 Å². The van der Waals surface area contributed by atoms with Crippen LogP contribution in [-0.4, -0.2) is 15.5 Å². The molecule has 102 valence electrons. The fraction of sp³-hybridized carbons (Fsp3) is 0.231. The Morgan fingerprint density at radius 2 is 1.84 bits per heavy atom. The monoisotopic (exact) mass is 296 g/mol. The zero-order valence-electron chi connectivity index (χ0n) is 10.6. The van der Waals surface area contributed by atoms with Crippen molar-refractivity contribution < 1.29 is 8.42 Å². The quantitative estimate of drug-likeness (QED) is 0.856. The molecule has 2 rings (SSSR count). The molecule has 0 saturated heterocycles. The van der Waals surface area contributed by atoms with Crippen molar-refractivity contribution in [1.29, 1.82) is 0 Å². The third-order valence-corrected chi connectivity index (χ3v) is 5.18. The summed E-state index contributed by atoms with van der Waals surface area (Å²) in [7, 11) is -1.65. The van der Waals surface area contributed by atoms with E-state index in [1.54, 1.807) is 18.5 Å². The Morgan fingerprint density at radius 1 is 1.11 bits per heavy atom. The summed E-state index contributed by atoms with van der Waals surface area (Å²) in [6.07, 6.45) is 0. The molecule has 1 aromatic carbocycles. The van der Waals surface area contributed by atoms with Crippen LogP contribution in [0, 0.1) is 0 Å². The average molecular weight is 296 g/mol. The average Bonchev–Trinajstić information content (AvgIpc) is 2.87. The minimum absolute atomic E-state index is 0.304. The van der Waals surface area contributed by atoms with Gasteiger partial charge in [-0.15, -0.1) is 11.3 Å². The van der Waals surface area contributed by atoms with Crippen LogP contribution in [0.3, 0.4) is 0 Å². The Kier molecular flexibility index (Phi) is 4.71. The third kappa shape index (κ3) is 3.63. The SMILES string of the molecule is CNCc1sccc1S(=O)(=O)NCc1ccccc1. The lowest BCUT2D eigenvalue weighted by molar-refractivity contribution is 0.580. The van der Waals surface area contributed by atoms with Crippen molar-refractivity contribution in [2.75, 3.05) is 7.05 Å². The molecule has 19 heavy (non-hydrogen) atoms. The van der Waals surface area contributed by atoms with E-state index < -0.39 is 10.0 Å². The van der Waals surface area contributed by atoms with Crippen LogP contribution < -0.4 is 10.0 Å². The summed E-state index contributed by atoms with van der Waals surface area (Å²) in [6, 6.07) is 11.1. The van der Waals surface area contributed by atoms with Crippen LogP contribution in [0.5, 0.6) is 0 Å². The number of benzene rings is 1. The summed E-state index contributed by atoms with van der Waals surface area (Å²) < 4.78 is 27.1. The van der Waals surface area contributed by atoms with Crippen molar-refractivity contribution in [3.05, 3.63) is 52.2 Å². The number of nitrogens with one attached hydrogen (secondary N) is 2. The van der Waals surface area contributed by atoms with Gasteiger partial charge in [-0.3, -0.25) is 0 Å². The maximum atomic E-state index is 12.2. The van der Waals surface area contributed by atoms with Crippen molar-refractivity contribution in [2.24, 2.45) is 0 Å². The smallest absolute Gasteiger partial charge is 0.242 e. The van der Waals surface area contributed by atoms with E-state index in [1.807, 2.05) is 30.3 Å². The van der Waals surface area contributed by atoms with Crippen molar-refractivity contribution in [3.63, 3.8) is 0 Å². The van der Waals surface area contributed by atoms with Crippen LogP contribution in [0.15, 0.2) is 46.7 Å². The Balaban J connectivity index is 2.12. The second-order valence-corrected chi connectivity index (χ2v) is 6.78. The highest BCUT2D eigenvalue weighted by molar-refractivity contribution is 7.89. The second-order valence-electron chi connectivity index (χ2n) is 4.05. The van der Waals surface area contributed by atoms with Crippen LogP contribution in [-0.2, 0) is 23.1 Å². The summed E-state index contributed by atoms with van der Waals surface area (Å²) >= 11 is 1.44. The van der Waals surface area contributed by atoms with E-state index in [4.69, 9.17) is 0 Å². The minimum atomic E-state index is -3.45. The molecule has 0 aliphatic carbocycles. The lowest BCUT2D eigenvalue weighted by Gasteiger charge is -2.07. The standard InChI is InChI=1S/C13H16N2O2S2/c1-14-10-12-13(7-8-18-12)19(16,17)15-9-11-5-3-2-4-6-11/h2-8,14-15H,9-10H2,1H3. The van der Waals surface area contributed by atoms with Gasteiger partial charge >= 0.3 is 0 Å². The molecule has 6 heteroatoms. The van der Waals surface area contributed by atoms with Gasteiger partial charge < -0.3 is 5.32 Å². The first-order chi connectivity index (χ1) is 9.13. The van der Waals surface area contributed by atoms with E-state index in [1.165, 1.54) is 11.3 Å². The predicted octanol–water partition coefficient (Wildman–Crippen LogP) is 1.95. The Labute approximate surface area is 117 Å². The van der Waals surface area contributed by atoms with Crippen molar-refractivity contribution >= 4 is 21.4 Å². The molecule has 0 atom stereocenters. The van der Waals surface area contributed by atoms with Crippen LogP contribution in [0.4, 0.5) is 0 Å². The van der Waals surface area contributed by atoms with Crippen LogP contribution >= 0.6 is 11.3 Å². The molecular weight excluding hydrogens is 280 g/mol. The van der Waals surface area contributed by atoms with E-state index in [0.717, 1.165) is 10.4 Å². The molecule has 0 aliphatic heterocycles. The zero-order valence-corrected chi connectivity index (χ0v) is 12.2. The third-order valence-electron chi connectivity index (χ3n) is 2.64. The van der Waals surface area contributed by atoms with Gasteiger partial charge in [0.15, 0.2) is 0 Å². The maximum absolute atomic E-state index is 12.2.